The molecule has 0 aliphatic rings. The smallest absolute Gasteiger partial charge is 0.221 e. The first-order valence-corrected chi connectivity index (χ1v) is 10.4. The van der Waals surface area contributed by atoms with Crippen LogP contribution in [0.3, 0.4) is 0 Å². The molecular weight excluding hydrogens is 316 g/mol. The zero-order valence-electron chi connectivity index (χ0n) is 16.6. The van der Waals surface area contributed by atoms with Gasteiger partial charge in [0.1, 0.15) is 6.73 Å². The summed E-state index contributed by atoms with van der Waals surface area (Å²) in [6.07, 6.45) is 20.6. The summed E-state index contributed by atoms with van der Waals surface area (Å²) in [5, 5.41) is 18.3. The fraction of sp³-hybridized carbons (Fsp3) is 0.950. The molecule has 0 saturated heterocycles. The maximum absolute atomic E-state index is 11.1. The predicted molar refractivity (Wildman–Crippen MR) is 106 cm³/mol. The van der Waals surface area contributed by atoms with Crippen molar-refractivity contribution < 1.29 is 15.0 Å². The molecule has 0 heterocycles. The summed E-state index contributed by atoms with van der Waals surface area (Å²) in [5.41, 5.74) is 4.40. The molecule has 0 aromatic rings. The van der Waals surface area contributed by atoms with E-state index >= 15 is 0 Å². The number of carbonyl (C=O) groups is 1. The number of carbonyl (C=O) groups excluding carboxylic acids is 1. The van der Waals surface area contributed by atoms with Crippen LogP contribution in [0.1, 0.15) is 110 Å². The van der Waals surface area contributed by atoms with Crippen molar-refractivity contribution >= 4 is 5.91 Å². The van der Waals surface area contributed by atoms with Gasteiger partial charge in [-0.1, -0.05) is 96.8 Å². The van der Waals surface area contributed by atoms with E-state index in [4.69, 9.17) is 10.2 Å². The van der Waals surface area contributed by atoms with E-state index in [0.29, 0.717) is 6.42 Å². The molecule has 0 radical (unpaired) electrons. The molecule has 0 atom stereocenters. The lowest BCUT2D eigenvalue weighted by molar-refractivity contribution is -0.122. The number of nitrogens with two attached hydrogens (primary N) is 1. The summed E-state index contributed by atoms with van der Waals surface area (Å²) in [7, 11) is 0. The van der Waals surface area contributed by atoms with Crippen LogP contribution < -0.4 is 11.1 Å². The Bertz CT molecular complexity index is 251. The maximum atomic E-state index is 11.1. The second-order valence-electron chi connectivity index (χ2n) is 6.64. The van der Waals surface area contributed by atoms with E-state index in [1.165, 1.54) is 83.5 Å². The molecule has 5 heteroatoms. The highest BCUT2D eigenvalue weighted by Crippen LogP contribution is 2.13. The van der Waals surface area contributed by atoms with Gasteiger partial charge in [-0.2, -0.15) is 0 Å². The Morgan fingerprint density at radius 3 is 1.36 bits per heavy atom. The van der Waals surface area contributed by atoms with Crippen LogP contribution >= 0.6 is 0 Å². The molecule has 0 aromatic heterocycles. The Morgan fingerprint density at radius 1 is 0.720 bits per heavy atom. The van der Waals surface area contributed by atoms with Gasteiger partial charge in [-0.05, 0) is 6.42 Å². The van der Waals surface area contributed by atoms with Gasteiger partial charge >= 0.3 is 0 Å². The minimum atomic E-state index is -0.250. The summed E-state index contributed by atoms with van der Waals surface area (Å²) < 4.78 is 0. The highest BCUT2D eigenvalue weighted by Gasteiger charge is 1.99. The molecule has 5 N–H and O–H groups in total. The van der Waals surface area contributed by atoms with E-state index in [9.17, 15) is 4.79 Å². The minimum absolute atomic E-state index is 0.0304. The molecule has 0 bridgehead atoms. The van der Waals surface area contributed by atoms with Gasteiger partial charge in [0.05, 0.1) is 6.73 Å². The van der Waals surface area contributed by atoms with Crippen LogP contribution in [0.25, 0.3) is 0 Å². The second kappa shape index (κ2) is 25.6. The van der Waals surface area contributed by atoms with Gasteiger partial charge in [-0.25, -0.2) is 0 Å². The molecule has 5 nitrogen and oxygen atoms in total. The number of hydrogen-bond acceptors (Lipinski definition) is 4. The Kier molecular flexibility index (Phi) is 27.2. The molecular formula is C20H44N2O3. The molecule has 0 aliphatic heterocycles. The standard InChI is InChI=1S/C19H39NO2.CH5NO/c1-2-3-4-5-6-7-8-9-10-11-12-13-14-15-16-17-19(22)20-18-21;2-1-3/h21H,2-18H2,1H3,(H,20,22);3H,1-2H2. The zero-order valence-corrected chi connectivity index (χ0v) is 16.6. The first kappa shape index (κ1) is 26.6. The van der Waals surface area contributed by atoms with Crippen LogP contribution in [0.4, 0.5) is 0 Å². The van der Waals surface area contributed by atoms with Crippen molar-refractivity contribution in [2.75, 3.05) is 13.5 Å². The van der Waals surface area contributed by atoms with E-state index in [1.807, 2.05) is 0 Å². The highest BCUT2D eigenvalue weighted by atomic mass is 16.3. The van der Waals surface area contributed by atoms with Crippen LogP contribution in [0, 0.1) is 0 Å². The van der Waals surface area contributed by atoms with Crippen molar-refractivity contribution in [3.8, 4) is 0 Å². The molecule has 0 spiro atoms. The van der Waals surface area contributed by atoms with Gasteiger partial charge < -0.3 is 21.3 Å². The number of aliphatic hydroxyl groups excluding tert-OH is 2. The van der Waals surface area contributed by atoms with Crippen molar-refractivity contribution in [2.45, 2.75) is 110 Å². The van der Waals surface area contributed by atoms with Gasteiger partial charge in [0.25, 0.3) is 0 Å². The summed E-state index contributed by atoms with van der Waals surface area (Å²) in [4.78, 5) is 11.1. The maximum Gasteiger partial charge on any atom is 0.221 e. The van der Waals surface area contributed by atoms with E-state index in [1.54, 1.807) is 0 Å². The van der Waals surface area contributed by atoms with Crippen molar-refractivity contribution in [3.05, 3.63) is 0 Å². The van der Waals surface area contributed by atoms with E-state index in [-0.39, 0.29) is 19.4 Å². The Labute approximate surface area is 155 Å². The number of aliphatic hydroxyl groups is 2. The van der Waals surface area contributed by atoms with E-state index < -0.39 is 0 Å². The SMILES string of the molecule is CCCCCCCCCCCCCCCCCC(=O)NCO.NCO. The molecule has 0 unspecified atom stereocenters. The van der Waals surface area contributed by atoms with Crippen LogP contribution in [0.2, 0.25) is 0 Å². The lowest BCUT2D eigenvalue weighted by atomic mass is 10.0. The van der Waals surface area contributed by atoms with E-state index in [0.717, 1.165) is 12.8 Å². The molecule has 0 fully saturated rings. The fourth-order valence-corrected chi connectivity index (χ4v) is 2.83. The average Bonchev–Trinajstić information content (AvgIpc) is 2.59. The first-order chi connectivity index (χ1) is 12.2. The third-order valence-electron chi connectivity index (χ3n) is 4.28. The average molecular weight is 361 g/mol. The number of hydrogen-bond donors (Lipinski definition) is 4. The first-order valence-electron chi connectivity index (χ1n) is 10.4. The quantitative estimate of drug-likeness (QED) is 0.231. The van der Waals surface area contributed by atoms with E-state index in [2.05, 4.69) is 18.0 Å². The molecule has 152 valence electrons. The second-order valence-corrected chi connectivity index (χ2v) is 6.64. The lowest BCUT2D eigenvalue weighted by Gasteiger charge is -2.03. The van der Waals surface area contributed by atoms with Crippen molar-refractivity contribution in [1.29, 1.82) is 0 Å². The normalized spacial score (nSPS) is 10.2. The summed E-state index contributed by atoms with van der Waals surface area (Å²) >= 11 is 0. The summed E-state index contributed by atoms with van der Waals surface area (Å²) in [5.74, 6) is -0.0304. The largest absolute Gasteiger partial charge is 0.382 e. The third-order valence-corrected chi connectivity index (χ3v) is 4.28. The number of rotatable bonds is 17. The van der Waals surface area contributed by atoms with Gasteiger partial charge in [-0.3, -0.25) is 4.79 Å². The van der Waals surface area contributed by atoms with Crippen LogP contribution in [-0.2, 0) is 4.79 Å². The Balaban J connectivity index is 0. The van der Waals surface area contributed by atoms with Crippen molar-refractivity contribution in [2.24, 2.45) is 5.73 Å². The molecule has 0 aliphatic carbocycles. The summed E-state index contributed by atoms with van der Waals surface area (Å²) in [6.45, 7) is 1.78. The number of unbranched alkanes of at least 4 members (excludes halogenated alkanes) is 14. The zero-order chi connectivity index (χ0) is 19.0. The van der Waals surface area contributed by atoms with Crippen LogP contribution in [0.5, 0.6) is 0 Å². The summed E-state index contributed by atoms with van der Waals surface area (Å²) in [6, 6.07) is 0. The predicted octanol–water partition coefficient (Wildman–Crippen LogP) is 4.21. The molecule has 1 amide bonds. The van der Waals surface area contributed by atoms with Crippen molar-refractivity contribution in [3.63, 3.8) is 0 Å². The Morgan fingerprint density at radius 2 is 1.04 bits per heavy atom. The topological polar surface area (TPSA) is 95.6 Å². The monoisotopic (exact) mass is 360 g/mol. The number of nitrogens with one attached hydrogen (secondary N) is 1. The molecule has 25 heavy (non-hydrogen) atoms. The van der Waals surface area contributed by atoms with Gasteiger partial charge in [0, 0.05) is 6.42 Å². The highest BCUT2D eigenvalue weighted by molar-refractivity contribution is 5.75. The molecule has 0 aromatic carbocycles. The fourth-order valence-electron chi connectivity index (χ4n) is 2.83. The van der Waals surface area contributed by atoms with Gasteiger partial charge in [-0.15, -0.1) is 0 Å². The molecule has 0 rings (SSSR count). The Hall–Kier alpha value is -0.650. The molecule has 0 saturated carbocycles. The van der Waals surface area contributed by atoms with Crippen molar-refractivity contribution in [1.82, 2.24) is 5.32 Å². The number of amides is 1. The van der Waals surface area contributed by atoms with Crippen LogP contribution in [-0.4, -0.2) is 29.6 Å². The van der Waals surface area contributed by atoms with Crippen LogP contribution in [0.15, 0.2) is 0 Å². The lowest BCUT2D eigenvalue weighted by Crippen LogP contribution is -2.23. The van der Waals surface area contributed by atoms with Gasteiger partial charge in [0.2, 0.25) is 5.91 Å². The van der Waals surface area contributed by atoms with Gasteiger partial charge in [0.15, 0.2) is 0 Å². The third kappa shape index (κ3) is 28.4. The minimum Gasteiger partial charge on any atom is -0.382 e.